The Bertz CT molecular complexity index is 975. The minimum absolute atomic E-state index is 0.335. The van der Waals surface area contributed by atoms with Crippen LogP contribution in [0.1, 0.15) is 37.7 Å². The van der Waals surface area contributed by atoms with Crippen LogP contribution in [0.25, 0.3) is 11.0 Å². The van der Waals surface area contributed by atoms with Crippen molar-refractivity contribution in [2.24, 2.45) is 0 Å². The first-order valence-corrected chi connectivity index (χ1v) is 9.79. The van der Waals surface area contributed by atoms with Crippen molar-refractivity contribution >= 4 is 22.8 Å². The zero-order chi connectivity index (χ0) is 20.6. The largest absolute Gasteiger partial charge is 0.482 e. The lowest BCUT2D eigenvalue weighted by Crippen LogP contribution is -2.30. The number of aryl methyl sites for hydroxylation is 1. The Kier molecular flexibility index (Phi) is 7.05. The van der Waals surface area contributed by atoms with E-state index in [0.29, 0.717) is 17.9 Å². The van der Waals surface area contributed by atoms with Crippen molar-refractivity contribution in [2.45, 2.75) is 39.0 Å². The minimum Gasteiger partial charge on any atom is -0.482 e. The lowest BCUT2D eigenvalue weighted by atomic mass is 9.97. The second-order valence-electron chi connectivity index (χ2n) is 7.06. The predicted molar refractivity (Wildman–Crippen MR) is 108 cm³/mol. The Hall–Kier alpha value is -3.09. The average molecular weight is 399 g/mol. The van der Waals surface area contributed by atoms with E-state index >= 15 is 0 Å². The molecular weight excluding hydrogens is 374 g/mol. The van der Waals surface area contributed by atoms with E-state index in [1.165, 1.54) is 24.5 Å². The van der Waals surface area contributed by atoms with Gasteiger partial charge in [0.1, 0.15) is 11.3 Å². The summed E-state index contributed by atoms with van der Waals surface area (Å²) in [6, 6.07) is 6.39. The summed E-state index contributed by atoms with van der Waals surface area (Å²) in [6.45, 7) is 1.67. The molecule has 1 aromatic heterocycles. The van der Waals surface area contributed by atoms with Crippen molar-refractivity contribution < 1.29 is 23.5 Å². The molecule has 7 heteroatoms. The van der Waals surface area contributed by atoms with Crippen LogP contribution < -0.4 is 15.7 Å². The summed E-state index contributed by atoms with van der Waals surface area (Å²) < 4.78 is 15.4. The summed E-state index contributed by atoms with van der Waals surface area (Å²) in [5.74, 6) is -0.618. The standard InChI is InChI=1S/C22H25NO6/c1-15-11-21(25)29-19-12-17(7-8-18(15)19)27-14-22(26)28-13-20(24)23-10-9-16-5-3-2-4-6-16/h5,7-8,11-12H,2-4,6,9-10,13-14H2,1H3,(H,23,24). The molecule has 29 heavy (non-hydrogen) atoms. The number of nitrogens with one attached hydrogen (secondary N) is 1. The molecule has 0 saturated carbocycles. The van der Waals surface area contributed by atoms with Gasteiger partial charge < -0.3 is 19.2 Å². The molecule has 0 aliphatic heterocycles. The molecule has 1 amide bonds. The monoisotopic (exact) mass is 399 g/mol. The normalized spacial score (nSPS) is 13.6. The van der Waals surface area contributed by atoms with Gasteiger partial charge in [-0.3, -0.25) is 4.79 Å². The van der Waals surface area contributed by atoms with Crippen molar-refractivity contribution in [1.82, 2.24) is 5.32 Å². The zero-order valence-corrected chi connectivity index (χ0v) is 16.5. The molecule has 0 atom stereocenters. The van der Waals surface area contributed by atoms with Gasteiger partial charge in [0.05, 0.1) is 0 Å². The number of carbonyl (C=O) groups excluding carboxylic acids is 2. The Labute approximate surface area is 168 Å². The van der Waals surface area contributed by atoms with E-state index in [9.17, 15) is 14.4 Å². The van der Waals surface area contributed by atoms with Crippen molar-refractivity contribution in [3.8, 4) is 5.75 Å². The van der Waals surface area contributed by atoms with E-state index in [4.69, 9.17) is 13.9 Å². The highest BCUT2D eigenvalue weighted by Crippen LogP contribution is 2.22. The Morgan fingerprint density at radius 3 is 2.83 bits per heavy atom. The van der Waals surface area contributed by atoms with Crippen LogP contribution in [0.4, 0.5) is 0 Å². The van der Waals surface area contributed by atoms with Crippen LogP contribution in [-0.2, 0) is 14.3 Å². The van der Waals surface area contributed by atoms with Crippen LogP contribution in [0, 0.1) is 6.92 Å². The number of esters is 1. The summed E-state index contributed by atoms with van der Waals surface area (Å²) in [5, 5.41) is 3.54. The summed E-state index contributed by atoms with van der Waals surface area (Å²) >= 11 is 0. The fraction of sp³-hybridized carbons (Fsp3) is 0.409. The van der Waals surface area contributed by atoms with Crippen molar-refractivity contribution in [1.29, 1.82) is 0 Å². The first-order valence-electron chi connectivity index (χ1n) is 9.79. The van der Waals surface area contributed by atoms with Gasteiger partial charge in [-0.05, 0) is 56.7 Å². The van der Waals surface area contributed by atoms with Gasteiger partial charge in [0.25, 0.3) is 5.91 Å². The van der Waals surface area contributed by atoms with Gasteiger partial charge in [0.2, 0.25) is 0 Å². The molecule has 1 aliphatic rings. The van der Waals surface area contributed by atoms with Crippen molar-refractivity contribution in [3.63, 3.8) is 0 Å². The van der Waals surface area contributed by atoms with Gasteiger partial charge in [-0.2, -0.15) is 0 Å². The van der Waals surface area contributed by atoms with Crippen LogP contribution in [0.15, 0.2) is 45.1 Å². The molecule has 1 aliphatic carbocycles. The summed E-state index contributed by atoms with van der Waals surface area (Å²) in [6.07, 6.45) is 7.73. The molecule has 0 unspecified atom stereocenters. The molecule has 2 aromatic rings. The molecule has 7 nitrogen and oxygen atoms in total. The predicted octanol–water partition coefficient (Wildman–Crippen LogP) is 3.03. The molecule has 1 N–H and O–H groups in total. The molecule has 154 valence electrons. The van der Waals surface area contributed by atoms with Gasteiger partial charge in [-0.15, -0.1) is 0 Å². The van der Waals surface area contributed by atoms with Crippen molar-refractivity contribution in [2.75, 3.05) is 19.8 Å². The Morgan fingerprint density at radius 1 is 1.17 bits per heavy atom. The third-order valence-electron chi connectivity index (χ3n) is 4.80. The highest BCUT2D eigenvalue weighted by molar-refractivity contribution is 5.82. The lowest BCUT2D eigenvalue weighted by molar-refractivity contribution is -0.150. The number of amides is 1. The van der Waals surface area contributed by atoms with E-state index in [1.807, 2.05) is 6.92 Å². The van der Waals surface area contributed by atoms with Crippen LogP contribution in [-0.4, -0.2) is 31.6 Å². The Balaban J connectivity index is 1.39. The van der Waals surface area contributed by atoms with Crippen LogP contribution in [0.2, 0.25) is 0 Å². The highest BCUT2D eigenvalue weighted by Gasteiger charge is 2.10. The molecule has 3 rings (SSSR count). The summed E-state index contributed by atoms with van der Waals surface area (Å²) in [7, 11) is 0. The first-order chi connectivity index (χ1) is 14.0. The van der Waals surface area contributed by atoms with E-state index < -0.39 is 11.6 Å². The minimum atomic E-state index is -0.652. The SMILES string of the molecule is Cc1cc(=O)oc2cc(OCC(=O)OCC(=O)NCCC3=CCCCC3)ccc12. The molecule has 0 radical (unpaired) electrons. The topological polar surface area (TPSA) is 94.8 Å². The number of rotatable bonds is 8. The maximum atomic E-state index is 11.8. The molecular formula is C22H25NO6. The lowest BCUT2D eigenvalue weighted by Gasteiger charge is -2.13. The molecule has 0 saturated heterocycles. The van der Waals surface area contributed by atoms with E-state index in [-0.39, 0.29) is 19.1 Å². The molecule has 0 spiro atoms. The quantitative estimate of drug-likeness (QED) is 0.417. The number of allylic oxidation sites excluding steroid dienone is 1. The smallest absolute Gasteiger partial charge is 0.344 e. The van der Waals surface area contributed by atoms with Gasteiger partial charge in [-0.25, -0.2) is 9.59 Å². The summed E-state index contributed by atoms with van der Waals surface area (Å²) in [5.41, 5.74) is 2.11. The average Bonchev–Trinajstić information content (AvgIpc) is 2.71. The third kappa shape index (κ3) is 6.20. The highest BCUT2D eigenvalue weighted by atomic mass is 16.6. The van der Waals surface area contributed by atoms with Gasteiger partial charge in [-0.1, -0.05) is 11.6 Å². The van der Waals surface area contributed by atoms with Crippen LogP contribution in [0.3, 0.4) is 0 Å². The van der Waals surface area contributed by atoms with E-state index in [1.54, 1.807) is 18.2 Å². The summed E-state index contributed by atoms with van der Waals surface area (Å²) in [4.78, 5) is 35.1. The van der Waals surface area contributed by atoms with E-state index in [0.717, 1.165) is 30.2 Å². The molecule has 1 aromatic carbocycles. The number of ether oxygens (including phenoxy) is 2. The number of benzene rings is 1. The molecule has 1 heterocycles. The van der Waals surface area contributed by atoms with Crippen LogP contribution >= 0.6 is 0 Å². The van der Waals surface area contributed by atoms with Gasteiger partial charge in [0.15, 0.2) is 13.2 Å². The number of carbonyl (C=O) groups is 2. The molecule has 0 bridgehead atoms. The fourth-order valence-electron chi connectivity index (χ4n) is 3.27. The Morgan fingerprint density at radius 2 is 2.03 bits per heavy atom. The third-order valence-corrected chi connectivity index (χ3v) is 4.80. The van der Waals surface area contributed by atoms with Gasteiger partial charge >= 0.3 is 11.6 Å². The van der Waals surface area contributed by atoms with E-state index in [2.05, 4.69) is 11.4 Å². The maximum Gasteiger partial charge on any atom is 0.344 e. The number of hydrogen-bond donors (Lipinski definition) is 1. The fourth-order valence-corrected chi connectivity index (χ4v) is 3.27. The molecule has 0 fully saturated rings. The maximum absolute atomic E-state index is 11.8. The zero-order valence-electron chi connectivity index (χ0n) is 16.5. The number of fused-ring (bicyclic) bond motifs is 1. The number of hydrogen-bond acceptors (Lipinski definition) is 6. The second kappa shape index (κ2) is 9.91. The first kappa shape index (κ1) is 20.6. The van der Waals surface area contributed by atoms with Gasteiger partial charge in [0, 0.05) is 24.1 Å². The van der Waals surface area contributed by atoms with Crippen LogP contribution in [0.5, 0.6) is 5.75 Å². The van der Waals surface area contributed by atoms with Crippen molar-refractivity contribution in [3.05, 3.63) is 51.9 Å². The second-order valence-corrected chi connectivity index (χ2v) is 7.06.